The van der Waals surface area contributed by atoms with E-state index in [-0.39, 0.29) is 12.6 Å². The van der Waals surface area contributed by atoms with Crippen LogP contribution in [0.25, 0.3) is 0 Å². The molecule has 0 aliphatic carbocycles. The van der Waals surface area contributed by atoms with Crippen molar-refractivity contribution in [3.05, 3.63) is 34.3 Å². The molecule has 18 heavy (non-hydrogen) atoms. The zero-order valence-electron chi connectivity index (χ0n) is 9.93. The van der Waals surface area contributed by atoms with Gasteiger partial charge in [0.05, 0.1) is 0 Å². The zero-order chi connectivity index (χ0) is 13.6. The van der Waals surface area contributed by atoms with Gasteiger partial charge in [0.15, 0.2) is 0 Å². The van der Waals surface area contributed by atoms with E-state index in [1.165, 1.54) is 0 Å². The van der Waals surface area contributed by atoms with E-state index >= 15 is 0 Å². The maximum absolute atomic E-state index is 11.9. The molecule has 0 bridgehead atoms. The summed E-state index contributed by atoms with van der Waals surface area (Å²) in [6.07, 6.45) is -3.77. The normalized spacial score (nSPS) is 13.6. The number of benzene rings is 1. The Bertz CT molecular complexity index is 371. The molecular formula is C12H15BrF3NO. The number of hydrogen-bond donors (Lipinski definition) is 1. The molecule has 1 unspecified atom stereocenters. The lowest BCUT2D eigenvalue weighted by molar-refractivity contribution is -0.174. The van der Waals surface area contributed by atoms with Crippen LogP contribution in [0.2, 0.25) is 0 Å². The second kappa shape index (κ2) is 7.11. The predicted molar refractivity (Wildman–Crippen MR) is 67.4 cm³/mol. The van der Waals surface area contributed by atoms with Crippen LogP contribution in [0.3, 0.4) is 0 Å². The molecule has 6 heteroatoms. The Morgan fingerprint density at radius 2 is 2.11 bits per heavy atom. The fraction of sp³-hybridized carbons (Fsp3) is 0.500. The van der Waals surface area contributed by atoms with Gasteiger partial charge in [-0.3, -0.25) is 0 Å². The van der Waals surface area contributed by atoms with Crippen molar-refractivity contribution in [1.82, 2.24) is 5.32 Å². The molecule has 0 amide bonds. The van der Waals surface area contributed by atoms with Gasteiger partial charge in [0.2, 0.25) is 0 Å². The number of rotatable bonds is 6. The van der Waals surface area contributed by atoms with Crippen LogP contribution >= 0.6 is 15.9 Å². The Kier molecular flexibility index (Phi) is 6.11. The molecule has 0 aromatic heterocycles. The summed E-state index contributed by atoms with van der Waals surface area (Å²) in [5, 5.41) is 3.06. The first-order valence-electron chi connectivity index (χ1n) is 5.49. The summed E-state index contributed by atoms with van der Waals surface area (Å²) in [6, 6.07) is 7.63. The second-order valence-electron chi connectivity index (χ2n) is 3.85. The van der Waals surface area contributed by atoms with Crippen LogP contribution in [0.1, 0.15) is 18.0 Å². The molecule has 2 nitrogen and oxygen atoms in total. The summed E-state index contributed by atoms with van der Waals surface area (Å²) in [7, 11) is 1.77. The molecule has 1 atom stereocenters. The van der Waals surface area contributed by atoms with Crippen molar-refractivity contribution in [3.8, 4) is 0 Å². The van der Waals surface area contributed by atoms with E-state index in [1.807, 2.05) is 24.3 Å². The van der Waals surface area contributed by atoms with E-state index < -0.39 is 12.8 Å². The SMILES string of the molecule is CNC(CCOCC(F)(F)F)c1cccc(Br)c1. The summed E-state index contributed by atoms with van der Waals surface area (Å²) < 4.78 is 41.2. The van der Waals surface area contributed by atoms with Crippen molar-refractivity contribution >= 4 is 15.9 Å². The Labute approximate surface area is 113 Å². The average molecular weight is 326 g/mol. The van der Waals surface area contributed by atoms with Crippen LogP contribution < -0.4 is 5.32 Å². The van der Waals surface area contributed by atoms with E-state index in [9.17, 15) is 13.2 Å². The Morgan fingerprint density at radius 3 is 2.67 bits per heavy atom. The first kappa shape index (κ1) is 15.5. The molecule has 0 saturated carbocycles. The third-order valence-corrected chi connectivity index (χ3v) is 2.91. The molecule has 1 aromatic carbocycles. The van der Waals surface area contributed by atoms with Gasteiger partial charge in [-0.1, -0.05) is 28.1 Å². The van der Waals surface area contributed by atoms with E-state index in [0.717, 1.165) is 10.0 Å². The Balaban J connectivity index is 2.43. The van der Waals surface area contributed by atoms with E-state index in [2.05, 4.69) is 26.0 Å². The Morgan fingerprint density at radius 1 is 1.39 bits per heavy atom. The lowest BCUT2D eigenvalue weighted by Gasteiger charge is -2.17. The smallest absolute Gasteiger partial charge is 0.372 e. The van der Waals surface area contributed by atoms with E-state index in [4.69, 9.17) is 0 Å². The lowest BCUT2D eigenvalue weighted by Crippen LogP contribution is -2.21. The lowest BCUT2D eigenvalue weighted by atomic mass is 10.0. The van der Waals surface area contributed by atoms with E-state index in [0.29, 0.717) is 6.42 Å². The molecular weight excluding hydrogens is 311 g/mol. The van der Waals surface area contributed by atoms with Gasteiger partial charge < -0.3 is 10.1 Å². The molecule has 0 radical (unpaired) electrons. The zero-order valence-corrected chi connectivity index (χ0v) is 11.5. The first-order valence-corrected chi connectivity index (χ1v) is 6.29. The highest BCUT2D eigenvalue weighted by Crippen LogP contribution is 2.21. The molecule has 0 aliphatic heterocycles. The molecule has 1 aromatic rings. The van der Waals surface area contributed by atoms with Crippen LogP contribution in [-0.4, -0.2) is 26.4 Å². The van der Waals surface area contributed by atoms with Crippen molar-refractivity contribution in [2.75, 3.05) is 20.3 Å². The van der Waals surface area contributed by atoms with E-state index in [1.54, 1.807) is 7.05 Å². The highest BCUT2D eigenvalue weighted by atomic mass is 79.9. The summed E-state index contributed by atoms with van der Waals surface area (Å²) in [6.45, 7) is -1.13. The molecule has 0 spiro atoms. The van der Waals surface area contributed by atoms with Gasteiger partial charge in [-0.25, -0.2) is 0 Å². The highest BCUT2D eigenvalue weighted by molar-refractivity contribution is 9.10. The van der Waals surface area contributed by atoms with Crippen molar-refractivity contribution in [2.45, 2.75) is 18.6 Å². The third kappa shape index (κ3) is 5.84. The fourth-order valence-electron chi connectivity index (χ4n) is 1.59. The predicted octanol–water partition coefficient (Wildman–Crippen LogP) is 3.68. The maximum atomic E-state index is 11.9. The van der Waals surface area contributed by atoms with Crippen LogP contribution in [0.4, 0.5) is 13.2 Å². The first-order chi connectivity index (χ1) is 8.42. The van der Waals surface area contributed by atoms with Gasteiger partial charge in [-0.05, 0) is 31.2 Å². The summed E-state index contributed by atoms with van der Waals surface area (Å²) in [5.74, 6) is 0. The van der Waals surface area contributed by atoms with Gasteiger partial charge in [-0.15, -0.1) is 0 Å². The molecule has 0 aliphatic rings. The summed E-state index contributed by atoms with van der Waals surface area (Å²) >= 11 is 3.36. The van der Waals surface area contributed by atoms with Gasteiger partial charge >= 0.3 is 6.18 Å². The van der Waals surface area contributed by atoms with Crippen LogP contribution in [0.5, 0.6) is 0 Å². The van der Waals surface area contributed by atoms with Gasteiger partial charge in [0.25, 0.3) is 0 Å². The second-order valence-corrected chi connectivity index (χ2v) is 4.77. The molecule has 1 rings (SSSR count). The van der Waals surface area contributed by atoms with Crippen molar-refractivity contribution in [2.24, 2.45) is 0 Å². The number of halogens is 4. The van der Waals surface area contributed by atoms with Crippen molar-refractivity contribution in [3.63, 3.8) is 0 Å². The monoisotopic (exact) mass is 325 g/mol. The quantitative estimate of drug-likeness (QED) is 0.805. The number of alkyl halides is 3. The van der Waals surface area contributed by atoms with Crippen LogP contribution in [0, 0.1) is 0 Å². The molecule has 1 N–H and O–H groups in total. The minimum Gasteiger partial charge on any atom is -0.372 e. The van der Waals surface area contributed by atoms with Crippen LogP contribution in [0.15, 0.2) is 28.7 Å². The largest absolute Gasteiger partial charge is 0.411 e. The number of hydrogen-bond acceptors (Lipinski definition) is 2. The van der Waals surface area contributed by atoms with Gasteiger partial charge in [0.1, 0.15) is 6.61 Å². The molecule has 0 fully saturated rings. The summed E-state index contributed by atoms with van der Waals surface area (Å²) in [5.41, 5.74) is 1.02. The van der Waals surface area contributed by atoms with Crippen molar-refractivity contribution < 1.29 is 17.9 Å². The number of nitrogens with one attached hydrogen (secondary N) is 1. The van der Waals surface area contributed by atoms with Gasteiger partial charge in [-0.2, -0.15) is 13.2 Å². The fourth-order valence-corrected chi connectivity index (χ4v) is 2.01. The third-order valence-electron chi connectivity index (χ3n) is 2.42. The standard InChI is InChI=1S/C12H15BrF3NO/c1-17-11(5-6-18-8-12(14,15)16)9-3-2-4-10(13)7-9/h2-4,7,11,17H,5-6,8H2,1H3. The highest BCUT2D eigenvalue weighted by Gasteiger charge is 2.27. The number of ether oxygens (including phenoxy) is 1. The summed E-state index contributed by atoms with van der Waals surface area (Å²) in [4.78, 5) is 0. The van der Waals surface area contributed by atoms with Gasteiger partial charge in [0, 0.05) is 17.1 Å². The molecule has 0 heterocycles. The molecule has 102 valence electrons. The average Bonchev–Trinajstić information content (AvgIpc) is 2.27. The van der Waals surface area contributed by atoms with Crippen LogP contribution in [-0.2, 0) is 4.74 Å². The topological polar surface area (TPSA) is 21.3 Å². The Hall–Kier alpha value is -0.590. The maximum Gasteiger partial charge on any atom is 0.411 e. The molecule has 0 saturated heterocycles. The van der Waals surface area contributed by atoms with Crippen molar-refractivity contribution in [1.29, 1.82) is 0 Å². The minimum absolute atomic E-state index is 0.0178. The minimum atomic E-state index is -4.26.